The number of hydrogen-bond donors (Lipinski definition) is 0. The van der Waals surface area contributed by atoms with Crippen LogP contribution in [0.5, 0.6) is 0 Å². The quantitative estimate of drug-likeness (QED) is 0.656. The van der Waals surface area contributed by atoms with Gasteiger partial charge in [-0.15, -0.1) is 0 Å². The van der Waals surface area contributed by atoms with E-state index in [1.54, 1.807) is 12.4 Å². The molecule has 0 aliphatic heterocycles. The van der Waals surface area contributed by atoms with Gasteiger partial charge in [-0.25, -0.2) is 9.97 Å². The summed E-state index contributed by atoms with van der Waals surface area (Å²) in [6, 6.07) is 0. The predicted molar refractivity (Wildman–Crippen MR) is 74.2 cm³/mol. The number of nitrogens with zero attached hydrogens (tertiary/aromatic N) is 2. The first-order valence-electron chi connectivity index (χ1n) is 6.69. The molecule has 0 radical (unpaired) electrons. The van der Waals surface area contributed by atoms with Gasteiger partial charge in [0.2, 0.25) is 0 Å². The molecule has 18 heavy (non-hydrogen) atoms. The van der Waals surface area contributed by atoms with Gasteiger partial charge < -0.3 is 0 Å². The minimum Gasteiger partial charge on any atom is -0.299 e. The predicted octanol–water partition coefficient (Wildman–Crippen LogP) is 3.73. The van der Waals surface area contributed by atoms with Gasteiger partial charge in [0.25, 0.3) is 0 Å². The zero-order valence-electron chi connectivity index (χ0n) is 11.4. The van der Waals surface area contributed by atoms with Gasteiger partial charge in [-0.05, 0) is 13.3 Å². The van der Waals surface area contributed by atoms with E-state index in [0.717, 1.165) is 24.2 Å². The molecular formula is C15H22N2O. The molecule has 0 aliphatic rings. The Labute approximate surface area is 109 Å². The van der Waals surface area contributed by atoms with Crippen molar-refractivity contribution in [2.24, 2.45) is 0 Å². The Hall–Kier alpha value is -1.51. The summed E-state index contributed by atoms with van der Waals surface area (Å²) >= 11 is 0. The number of aryl methyl sites for hydroxylation is 1. The Balaban J connectivity index is 2.23. The molecule has 0 N–H and O–H groups in total. The third-order valence-electron chi connectivity index (χ3n) is 2.77. The van der Waals surface area contributed by atoms with Gasteiger partial charge in [0.1, 0.15) is 11.6 Å². The molecule has 1 aromatic rings. The summed E-state index contributed by atoms with van der Waals surface area (Å²) in [5, 5.41) is 0. The summed E-state index contributed by atoms with van der Waals surface area (Å²) in [4.78, 5) is 19.8. The fraction of sp³-hybridized carbons (Fsp3) is 0.533. The number of unbranched alkanes of at least 4 members (excludes halogenated alkanes) is 3. The second kappa shape index (κ2) is 8.56. The Bertz CT molecular complexity index is 382. The van der Waals surface area contributed by atoms with E-state index in [-0.39, 0.29) is 0 Å². The molecule has 0 aromatic carbocycles. The van der Waals surface area contributed by atoms with Gasteiger partial charge in [-0.1, -0.05) is 38.3 Å². The summed E-state index contributed by atoms with van der Waals surface area (Å²) in [5.41, 5.74) is 0.944. The summed E-state index contributed by atoms with van der Waals surface area (Å²) < 4.78 is 0. The van der Waals surface area contributed by atoms with Crippen LogP contribution in [-0.4, -0.2) is 15.8 Å². The highest BCUT2D eigenvalue weighted by Gasteiger charge is 1.98. The monoisotopic (exact) mass is 246 g/mol. The Morgan fingerprint density at radius 1 is 1.22 bits per heavy atom. The molecule has 98 valence electrons. The number of carbonyl (C=O) groups excluding carboxylic acids is 1. The van der Waals surface area contributed by atoms with Crippen LogP contribution in [0.1, 0.15) is 56.8 Å². The lowest BCUT2D eigenvalue weighted by Gasteiger charge is -1.97. The molecule has 1 rings (SSSR count). The van der Waals surface area contributed by atoms with E-state index in [1.807, 2.05) is 19.1 Å². The van der Waals surface area contributed by atoms with E-state index in [9.17, 15) is 4.79 Å². The molecule has 1 heterocycles. The van der Waals surface area contributed by atoms with Crippen LogP contribution in [0, 0.1) is 6.92 Å². The molecule has 3 heteroatoms. The van der Waals surface area contributed by atoms with Crippen LogP contribution in [0.4, 0.5) is 0 Å². The van der Waals surface area contributed by atoms with Gasteiger partial charge in [-0.2, -0.15) is 0 Å². The smallest absolute Gasteiger partial charge is 0.136 e. The van der Waals surface area contributed by atoms with Crippen molar-refractivity contribution in [2.45, 2.75) is 52.4 Å². The van der Waals surface area contributed by atoms with Crippen molar-refractivity contribution in [1.82, 2.24) is 9.97 Å². The van der Waals surface area contributed by atoms with Gasteiger partial charge in [-0.3, -0.25) is 4.79 Å². The number of carbonyl (C=O) groups is 1. The summed E-state index contributed by atoms with van der Waals surface area (Å²) in [5.74, 6) is 1.08. The Kier molecular flexibility index (Phi) is 6.92. The lowest BCUT2D eigenvalue weighted by molar-refractivity contribution is -0.118. The molecular weight excluding hydrogens is 224 g/mol. The van der Waals surface area contributed by atoms with Crippen molar-refractivity contribution in [1.29, 1.82) is 0 Å². The van der Waals surface area contributed by atoms with Crippen molar-refractivity contribution < 1.29 is 4.79 Å². The van der Waals surface area contributed by atoms with E-state index in [0.29, 0.717) is 18.6 Å². The van der Waals surface area contributed by atoms with E-state index in [1.165, 1.54) is 12.8 Å². The largest absolute Gasteiger partial charge is 0.299 e. The van der Waals surface area contributed by atoms with Crippen molar-refractivity contribution in [2.75, 3.05) is 0 Å². The van der Waals surface area contributed by atoms with Crippen LogP contribution in [0.2, 0.25) is 0 Å². The Morgan fingerprint density at radius 3 is 2.61 bits per heavy atom. The minimum atomic E-state index is 0.315. The minimum absolute atomic E-state index is 0.315. The van der Waals surface area contributed by atoms with Crippen LogP contribution >= 0.6 is 0 Å². The van der Waals surface area contributed by atoms with Crippen molar-refractivity contribution in [3.8, 4) is 0 Å². The van der Waals surface area contributed by atoms with Crippen LogP contribution in [0.15, 0.2) is 18.5 Å². The highest BCUT2D eigenvalue weighted by Crippen LogP contribution is 2.06. The maximum atomic E-state index is 11.6. The maximum Gasteiger partial charge on any atom is 0.136 e. The first-order chi connectivity index (χ1) is 8.72. The summed E-state index contributed by atoms with van der Waals surface area (Å²) in [7, 11) is 0. The van der Waals surface area contributed by atoms with Crippen molar-refractivity contribution in [3.05, 3.63) is 29.9 Å². The molecule has 1 aromatic heterocycles. The zero-order valence-corrected chi connectivity index (χ0v) is 11.4. The highest BCUT2D eigenvalue weighted by atomic mass is 16.1. The maximum absolute atomic E-state index is 11.6. The fourth-order valence-corrected chi connectivity index (χ4v) is 1.67. The first kappa shape index (κ1) is 14.6. The number of aromatic nitrogens is 2. The van der Waals surface area contributed by atoms with E-state index < -0.39 is 0 Å². The number of ketones is 1. The molecule has 0 unspecified atom stereocenters. The molecule has 0 spiro atoms. The van der Waals surface area contributed by atoms with Gasteiger partial charge in [0, 0.05) is 30.8 Å². The fourth-order valence-electron chi connectivity index (χ4n) is 1.67. The zero-order chi connectivity index (χ0) is 13.2. The van der Waals surface area contributed by atoms with Crippen LogP contribution in [0.3, 0.4) is 0 Å². The normalized spacial score (nSPS) is 11.0. The molecule has 0 aliphatic carbocycles. The lowest BCUT2D eigenvalue weighted by Crippen LogP contribution is -1.95. The number of Topliss-reactive ketones (excluding diaryl/α,β-unsaturated/α-hetero) is 1. The summed E-state index contributed by atoms with van der Waals surface area (Å²) in [6.45, 7) is 4.03. The second-order valence-corrected chi connectivity index (χ2v) is 4.52. The highest BCUT2D eigenvalue weighted by molar-refractivity contribution is 5.80. The molecule has 0 saturated carbocycles. The second-order valence-electron chi connectivity index (χ2n) is 4.52. The van der Waals surface area contributed by atoms with Crippen molar-refractivity contribution >= 4 is 11.9 Å². The average Bonchev–Trinajstić information content (AvgIpc) is 2.37. The van der Waals surface area contributed by atoms with E-state index in [4.69, 9.17) is 0 Å². The van der Waals surface area contributed by atoms with Gasteiger partial charge >= 0.3 is 0 Å². The molecule has 0 fully saturated rings. The van der Waals surface area contributed by atoms with Crippen LogP contribution in [0.25, 0.3) is 6.08 Å². The summed E-state index contributed by atoms with van der Waals surface area (Å²) in [6.07, 6.45) is 13.2. The van der Waals surface area contributed by atoms with Crippen LogP contribution < -0.4 is 0 Å². The molecule has 3 nitrogen and oxygen atoms in total. The molecule has 0 atom stereocenters. The number of hydrogen-bond acceptors (Lipinski definition) is 3. The molecule has 0 amide bonds. The Morgan fingerprint density at radius 2 is 1.94 bits per heavy atom. The third kappa shape index (κ3) is 6.28. The number of rotatable bonds is 8. The number of allylic oxidation sites excluding steroid dienone is 1. The lowest BCUT2D eigenvalue weighted by atomic mass is 10.1. The SMILES string of the molecule is CCCCCCC(=O)C/C=C/c1cnc(C)nc1. The van der Waals surface area contributed by atoms with Crippen LogP contribution in [-0.2, 0) is 4.79 Å². The topological polar surface area (TPSA) is 42.9 Å². The standard InChI is InChI=1S/C15H22N2O/c1-3-4-5-6-9-15(18)10-7-8-14-11-16-13(2)17-12-14/h7-8,11-12H,3-6,9-10H2,1-2H3/b8-7+. The first-order valence-corrected chi connectivity index (χ1v) is 6.69. The van der Waals surface area contributed by atoms with Gasteiger partial charge in [0.15, 0.2) is 0 Å². The third-order valence-corrected chi connectivity index (χ3v) is 2.77. The molecule has 0 saturated heterocycles. The molecule has 0 bridgehead atoms. The van der Waals surface area contributed by atoms with E-state index >= 15 is 0 Å². The van der Waals surface area contributed by atoms with E-state index in [2.05, 4.69) is 16.9 Å². The van der Waals surface area contributed by atoms with Gasteiger partial charge in [0.05, 0.1) is 0 Å². The van der Waals surface area contributed by atoms with Crippen molar-refractivity contribution in [3.63, 3.8) is 0 Å². The average molecular weight is 246 g/mol.